The Kier molecular flexibility index (Phi) is 5.05. The Morgan fingerprint density at radius 1 is 1.23 bits per heavy atom. The molecule has 10 heteroatoms. The number of aryl methyl sites for hydroxylation is 1. The monoisotopic (exact) mass is 421 g/mol. The van der Waals surface area contributed by atoms with Gasteiger partial charge in [-0.3, -0.25) is 15.0 Å². The van der Waals surface area contributed by atoms with Gasteiger partial charge in [-0.05, 0) is 38.0 Å². The Morgan fingerprint density at radius 2 is 2.13 bits per heavy atom. The Morgan fingerprint density at radius 3 is 2.90 bits per heavy atom. The van der Waals surface area contributed by atoms with Crippen LogP contribution in [0.15, 0.2) is 18.3 Å². The molecule has 5 rings (SSSR count). The number of carbonyl (C=O) groups excluding carboxylic acids is 1. The average molecular weight is 422 g/mol. The molecule has 0 spiro atoms. The molecular weight excluding hydrogens is 394 g/mol. The van der Waals surface area contributed by atoms with E-state index in [1.165, 1.54) is 0 Å². The van der Waals surface area contributed by atoms with E-state index in [1.807, 2.05) is 11.0 Å². The molecule has 1 saturated heterocycles. The fourth-order valence-corrected chi connectivity index (χ4v) is 4.29. The van der Waals surface area contributed by atoms with Crippen molar-refractivity contribution < 1.29 is 4.79 Å². The number of H-pyrrole nitrogens is 2. The summed E-state index contributed by atoms with van der Waals surface area (Å²) in [6.07, 6.45) is 6.23. The molecule has 0 saturated carbocycles. The predicted molar refractivity (Wildman–Crippen MR) is 118 cm³/mol. The Hall–Kier alpha value is -3.43. The first kappa shape index (κ1) is 19.5. The summed E-state index contributed by atoms with van der Waals surface area (Å²) in [5.74, 6) is 3.03. The van der Waals surface area contributed by atoms with E-state index in [0.29, 0.717) is 17.7 Å². The number of hydrogen-bond donors (Lipinski definition) is 4. The van der Waals surface area contributed by atoms with Crippen LogP contribution in [0.25, 0.3) is 0 Å². The van der Waals surface area contributed by atoms with Gasteiger partial charge in [-0.25, -0.2) is 4.98 Å². The summed E-state index contributed by atoms with van der Waals surface area (Å²) in [7, 11) is 0. The summed E-state index contributed by atoms with van der Waals surface area (Å²) >= 11 is 0. The molecule has 4 N–H and O–H groups in total. The summed E-state index contributed by atoms with van der Waals surface area (Å²) in [5.41, 5.74) is 3.28. The van der Waals surface area contributed by atoms with Crippen molar-refractivity contribution in [1.29, 1.82) is 0 Å². The number of amides is 1. The normalized spacial score (nSPS) is 17.9. The highest BCUT2D eigenvalue weighted by atomic mass is 16.2. The first-order valence-electron chi connectivity index (χ1n) is 10.9. The van der Waals surface area contributed by atoms with Gasteiger partial charge in [0.05, 0.1) is 11.9 Å². The number of rotatable bonds is 6. The van der Waals surface area contributed by atoms with Crippen molar-refractivity contribution in [2.24, 2.45) is 0 Å². The minimum Gasteiger partial charge on any atom is -0.329 e. The maximum Gasteiger partial charge on any atom is 0.248 e. The predicted octanol–water partition coefficient (Wildman–Crippen LogP) is 2.89. The number of aromatic nitrogens is 6. The molecule has 0 aromatic carbocycles. The Labute approximate surface area is 180 Å². The molecule has 1 aliphatic carbocycles. The molecule has 2 aliphatic rings. The Balaban J connectivity index is 1.42. The van der Waals surface area contributed by atoms with E-state index in [-0.39, 0.29) is 11.9 Å². The van der Waals surface area contributed by atoms with Crippen LogP contribution in [-0.2, 0) is 17.6 Å². The number of fused-ring (bicyclic) bond motifs is 1. The molecule has 4 heterocycles. The third-order valence-corrected chi connectivity index (χ3v) is 5.96. The van der Waals surface area contributed by atoms with Crippen LogP contribution in [0.4, 0.5) is 23.4 Å². The molecule has 0 radical (unpaired) electrons. The molecule has 0 bridgehead atoms. The lowest BCUT2D eigenvalue weighted by Gasteiger charge is -2.25. The quantitative estimate of drug-likeness (QED) is 0.482. The van der Waals surface area contributed by atoms with Crippen LogP contribution in [0.3, 0.4) is 0 Å². The molecule has 10 nitrogen and oxygen atoms in total. The van der Waals surface area contributed by atoms with E-state index in [2.05, 4.69) is 44.9 Å². The molecule has 1 aliphatic heterocycles. The SMILES string of the molecule is CC(C)c1cc(Nc2nc(N3CCCC3C(=O)Nc3ccn[nH]3)nc3c2CCC3)n[nH]1. The van der Waals surface area contributed by atoms with Crippen molar-refractivity contribution in [2.45, 2.75) is 57.9 Å². The molecular formula is C21H27N9O. The first-order valence-corrected chi connectivity index (χ1v) is 10.9. The highest BCUT2D eigenvalue weighted by Gasteiger charge is 2.34. The molecule has 162 valence electrons. The zero-order chi connectivity index (χ0) is 21.4. The van der Waals surface area contributed by atoms with Crippen molar-refractivity contribution in [1.82, 2.24) is 30.4 Å². The summed E-state index contributed by atoms with van der Waals surface area (Å²) in [4.78, 5) is 24.6. The molecule has 1 atom stereocenters. The lowest BCUT2D eigenvalue weighted by molar-refractivity contribution is -0.117. The molecule has 3 aromatic rings. The topological polar surface area (TPSA) is 128 Å². The largest absolute Gasteiger partial charge is 0.329 e. The second kappa shape index (κ2) is 8.01. The molecule has 1 fully saturated rings. The van der Waals surface area contributed by atoms with Gasteiger partial charge in [0, 0.05) is 29.9 Å². The van der Waals surface area contributed by atoms with Crippen LogP contribution in [0.1, 0.15) is 56.0 Å². The third-order valence-electron chi connectivity index (χ3n) is 5.96. The van der Waals surface area contributed by atoms with Gasteiger partial charge >= 0.3 is 0 Å². The summed E-state index contributed by atoms with van der Waals surface area (Å²) < 4.78 is 0. The zero-order valence-corrected chi connectivity index (χ0v) is 17.8. The average Bonchev–Trinajstić information content (AvgIpc) is 3.53. The fourth-order valence-electron chi connectivity index (χ4n) is 4.29. The second-order valence-corrected chi connectivity index (χ2v) is 8.45. The number of anilines is 4. The highest BCUT2D eigenvalue weighted by Crippen LogP contribution is 2.33. The number of nitrogens with one attached hydrogen (secondary N) is 4. The van der Waals surface area contributed by atoms with Crippen molar-refractivity contribution in [3.05, 3.63) is 35.3 Å². The smallest absolute Gasteiger partial charge is 0.248 e. The minimum absolute atomic E-state index is 0.0748. The number of nitrogens with zero attached hydrogens (tertiary/aromatic N) is 5. The first-order chi connectivity index (χ1) is 15.1. The van der Waals surface area contributed by atoms with Crippen molar-refractivity contribution in [2.75, 3.05) is 22.1 Å². The van der Waals surface area contributed by atoms with Crippen LogP contribution in [-0.4, -0.2) is 48.9 Å². The standard InChI is InChI=1S/C21H27N9O/c1-12(2)15-11-18(29-27-15)24-19-13-5-3-6-14(13)23-21(26-19)30-10-4-7-16(30)20(31)25-17-8-9-22-28-17/h8-9,11-12,16H,3-7,10H2,1-2H3,(H2,22,25,28,31)(H2,23,24,26,27,29). The van der Waals surface area contributed by atoms with Crippen LogP contribution >= 0.6 is 0 Å². The van der Waals surface area contributed by atoms with Crippen LogP contribution in [0.2, 0.25) is 0 Å². The number of carbonyl (C=O) groups is 1. The summed E-state index contributed by atoms with van der Waals surface area (Å²) in [6, 6.07) is 3.44. The highest BCUT2D eigenvalue weighted by molar-refractivity contribution is 5.96. The van der Waals surface area contributed by atoms with Gasteiger partial charge in [0.15, 0.2) is 5.82 Å². The van der Waals surface area contributed by atoms with Crippen LogP contribution < -0.4 is 15.5 Å². The molecule has 1 amide bonds. The van der Waals surface area contributed by atoms with E-state index < -0.39 is 0 Å². The summed E-state index contributed by atoms with van der Waals surface area (Å²) in [6.45, 7) is 5.00. The number of hydrogen-bond acceptors (Lipinski definition) is 7. The van der Waals surface area contributed by atoms with Gasteiger partial charge < -0.3 is 15.5 Å². The van der Waals surface area contributed by atoms with Gasteiger partial charge in [-0.1, -0.05) is 13.8 Å². The van der Waals surface area contributed by atoms with E-state index >= 15 is 0 Å². The van der Waals surface area contributed by atoms with Gasteiger partial charge in [0.2, 0.25) is 11.9 Å². The van der Waals surface area contributed by atoms with E-state index in [0.717, 1.165) is 67.2 Å². The van der Waals surface area contributed by atoms with E-state index in [1.54, 1.807) is 12.3 Å². The molecule has 1 unspecified atom stereocenters. The van der Waals surface area contributed by atoms with Crippen molar-refractivity contribution >= 4 is 29.3 Å². The van der Waals surface area contributed by atoms with Crippen molar-refractivity contribution in [3.63, 3.8) is 0 Å². The summed E-state index contributed by atoms with van der Waals surface area (Å²) in [5, 5.41) is 20.4. The molecule has 31 heavy (non-hydrogen) atoms. The molecule has 3 aromatic heterocycles. The van der Waals surface area contributed by atoms with Gasteiger partial charge in [0.1, 0.15) is 17.7 Å². The zero-order valence-electron chi connectivity index (χ0n) is 17.8. The van der Waals surface area contributed by atoms with Gasteiger partial charge in [-0.15, -0.1) is 0 Å². The lowest BCUT2D eigenvalue weighted by atomic mass is 10.1. The minimum atomic E-state index is -0.312. The van der Waals surface area contributed by atoms with Gasteiger partial charge in [-0.2, -0.15) is 15.2 Å². The maximum absolute atomic E-state index is 12.9. The third kappa shape index (κ3) is 3.85. The van der Waals surface area contributed by atoms with Crippen molar-refractivity contribution in [3.8, 4) is 0 Å². The fraction of sp³-hybridized carbons (Fsp3) is 0.476. The van der Waals surface area contributed by atoms with Gasteiger partial charge in [0.25, 0.3) is 0 Å². The Bertz CT molecular complexity index is 1070. The van der Waals surface area contributed by atoms with E-state index in [9.17, 15) is 4.79 Å². The lowest BCUT2D eigenvalue weighted by Crippen LogP contribution is -2.40. The maximum atomic E-state index is 12.9. The number of aromatic amines is 2. The second-order valence-electron chi connectivity index (χ2n) is 8.45. The van der Waals surface area contributed by atoms with Crippen LogP contribution in [0, 0.1) is 0 Å². The van der Waals surface area contributed by atoms with Crippen LogP contribution in [0.5, 0.6) is 0 Å². The van der Waals surface area contributed by atoms with E-state index in [4.69, 9.17) is 9.97 Å².